The summed E-state index contributed by atoms with van der Waals surface area (Å²) < 4.78 is 20.4. The number of hydrogen-bond acceptors (Lipinski definition) is 3. The topological polar surface area (TPSA) is 52.5 Å². The van der Waals surface area contributed by atoms with Gasteiger partial charge in [-0.15, -0.1) is 0 Å². The maximum Gasteiger partial charge on any atom is 0.137 e. The highest BCUT2D eigenvalue weighted by molar-refractivity contribution is 5.73. The second-order valence-corrected chi connectivity index (χ2v) is 5.79. The molecule has 25 heavy (non-hydrogen) atoms. The molecule has 0 radical (unpaired) electrons. The third-order valence-electron chi connectivity index (χ3n) is 4.15. The van der Waals surface area contributed by atoms with Crippen LogP contribution in [0.3, 0.4) is 0 Å². The van der Waals surface area contributed by atoms with Crippen molar-refractivity contribution < 1.29 is 9.13 Å². The monoisotopic (exact) mass is 333 g/mol. The van der Waals surface area contributed by atoms with Crippen molar-refractivity contribution in [1.82, 2.24) is 9.38 Å². The molecule has 0 spiro atoms. The standard InChI is InChI=1S/C20H16FN3O/c1-25-18-9-15(8-17(22)11-18)19-12-23-20-10-14(6-7-24(19)20)13-2-4-16(21)5-3-13/h2-12H,22H2,1H3. The van der Waals surface area contributed by atoms with Gasteiger partial charge >= 0.3 is 0 Å². The average molecular weight is 333 g/mol. The second-order valence-electron chi connectivity index (χ2n) is 5.79. The molecule has 4 nitrogen and oxygen atoms in total. The van der Waals surface area contributed by atoms with E-state index in [2.05, 4.69) is 4.98 Å². The Labute approximate surface area is 144 Å². The van der Waals surface area contributed by atoms with Crippen LogP contribution in [0.25, 0.3) is 28.0 Å². The molecule has 0 unspecified atom stereocenters. The fourth-order valence-electron chi connectivity index (χ4n) is 2.90. The van der Waals surface area contributed by atoms with Crippen LogP contribution in [0.2, 0.25) is 0 Å². The minimum Gasteiger partial charge on any atom is -0.497 e. The van der Waals surface area contributed by atoms with Crippen LogP contribution in [0.1, 0.15) is 0 Å². The largest absolute Gasteiger partial charge is 0.497 e. The van der Waals surface area contributed by atoms with Gasteiger partial charge in [0.05, 0.1) is 19.0 Å². The number of methoxy groups -OCH3 is 1. The number of hydrogen-bond donors (Lipinski definition) is 1. The Morgan fingerprint density at radius 1 is 0.960 bits per heavy atom. The first-order valence-electron chi connectivity index (χ1n) is 7.82. The van der Waals surface area contributed by atoms with Crippen molar-refractivity contribution in [2.24, 2.45) is 0 Å². The van der Waals surface area contributed by atoms with Crippen molar-refractivity contribution in [1.29, 1.82) is 0 Å². The lowest BCUT2D eigenvalue weighted by Crippen LogP contribution is -1.93. The van der Waals surface area contributed by atoms with Crippen LogP contribution in [-0.2, 0) is 0 Å². The third-order valence-corrected chi connectivity index (χ3v) is 4.15. The Kier molecular flexibility index (Phi) is 3.61. The van der Waals surface area contributed by atoms with Gasteiger partial charge in [0.15, 0.2) is 0 Å². The van der Waals surface area contributed by atoms with Crippen LogP contribution >= 0.6 is 0 Å². The molecule has 0 aliphatic heterocycles. The molecule has 0 bridgehead atoms. The van der Waals surface area contributed by atoms with E-state index in [9.17, 15) is 4.39 Å². The first-order valence-corrected chi connectivity index (χ1v) is 7.82. The summed E-state index contributed by atoms with van der Waals surface area (Å²) in [7, 11) is 1.61. The molecule has 0 saturated carbocycles. The van der Waals surface area contributed by atoms with Gasteiger partial charge in [0.2, 0.25) is 0 Å². The molecule has 0 atom stereocenters. The molecule has 0 fully saturated rings. The predicted molar refractivity (Wildman–Crippen MR) is 97.0 cm³/mol. The lowest BCUT2D eigenvalue weighted by molar-refractivity contribution is 0.415. The third kappa shape index (κ3) is 2.80. The Bertz CT molecular complexity index is 1050. The summed E-state index contributed by atoms with van der Waals surface area (Å²) in [6.07, 6.45) is 3.75. The van der Waals surface area contributed by atoms with Crippen molar-refractivity contribution in [2.75, 3.05) is 12.8 Å². The molecule has 124 valence electrons. The maximum absolute atomic E-state index is 13.1. The first kappa shape index (κ1) is 15.2. The molecule has 2 heterocycles. The lowest BCUT2D eigenvalue weighted by atomic mass is 10.1. The highest BCUT2D eigenvalue weighted by Gasteiger charge is 2.09. The number of nitrogen functional groups attached to an aromatic ring is 1. The lowest BCUT2D eigenvalue weighted by Gasteiger charge is -2.08. The molecular weight excluding hydrogens is 317 g/mol. The summed E-state index contributed by atoms with van der Waals surface area (Å²) in [6.45, 7) is 0. The fourth-order valence-corrected chi connectivity index (χ4v) is 2.90. The quantitative estimate of drug-likeness (QED) is 0.565. The van der Waals surface area contributed by atoms with E-state index >= 15 is 0 Å². The summed E-state index contributed by atoms with van der Waals surface area (Å²) in [4.78, 5) is 4.49. The Morgan fingerprint density at radius 3 is 2.52 bits per heavy atom. The molecule has 2 aromatic heterocycles. The van der Waals surface area contributed by atoms with E-state index in [0.29, 0.717) is 11.4 Å². The number of rotatable bonds is 3. The van der Waals surface area contributed by atoms with E-state index in [1.807, 2.05) is 34.9 Å². The number of imidazole rings is 1. The molecule has 4 aromatic rings. The van der Waals surface area contributed by atoms with Crippen LogP contribution in [0.15, 0.2) is 67.0 Å². The number of ether oxygens (including phenoxy) is 1. The van der Waals surface area contributed by atoms with Crippen molar-refractivity contribution in [3.63, 3.8) is 0 Å². The van der Waals surface area contributed by atoms with Gasteiger partial charge in [-0.3, -0.25) is 4.40 Å². The molecule has 0 aliphatic rings. The van der Waals surface area contributed by atoms with Crippen molar-refractivity contribution in [3.05, 3.63) is 72.8 Å². The number of nitrogens with zero attached hydrogens (tertiary/aromatic N) is 2. The van der Waals surface area contributed by atoms with E-state index in [-0.39, 0.29) is 5.82 Å². The molecule has 0 amide bonds. The molecule has 2 N–H and O–H groups in total. The SMILES string of the molecule is COc1cc(N)cc(-c2cnc3cc(-c4ccc(F)cc4)ccn23)c1. The van der Waals surface area contributed by atoms with Crippen molar-refractivity contribution in [2.45, 2.75) is 0 Å². The summed E-state index contributed by atoms with van der Waals surface area (Å²) in [5.74, 6) is 0.455. The number of benzene rings is 2. The van der Waals surface area contributed by atoms with E-state index in [0.717, 1.165) is 28.0 Å². The average Bonchev–Trinajstić information content (AvgIpc) is 3.05. The normalized spacial score (nSPS) is 11.0. The number of nitrogens with two attached hydrogens (primary N) is 1. The van der Waals surface area contributed by atoms with Crippen molar-refractivity contribution >= 4 is 11.3 Å². The van der Waals surface area contributed by atoms with Crippen LogP contribution in [0.4, 0.5) is 10.1 Å². The second kappa shape index (κ2) is 5.94. The minimum absolute atomic E-state index is 0.247. The van der Waals surface area contributed by atoms with E-state index in [4.69, 9.17) is 10.5 Å². The van der Waals surface area contributed by atoms with Crippen molar-refractivity contribution in [3.8, 4) is 28.1 Å². The number of anilines is 1. The zero-order chi connectivity index (χ0) is 17.4. The van der Waals surface area contributed by atoms with Gasteiger partial charge in [-0.1, -0.05) is 12.1 Å². The Hall–Kier alpha value is -3.34. The number of pyridine rings is 1. The molecule has 0 aliphatic carbocycles. The number of halogens is 1. The van der Waals surface area contributed by atoms with Crippen LogP contribution in [0.5, 0.6) is 5.75 Å². The van der Waals surface area contributed by atoms with Gasteiger partial charge in [0, 0.05) is 23.5 Å². The van der Waals surface area contributed by atoms with E-state index in [1.54, 1.807) is 31.5 Å². The van der Waals surface area contributed by atoms with Gasteiger partial charge in [-0.25, -0.2) is 9.37 Å². The van der Waals surface area contributed by atoms with Crippen LogP contribution in [-0.4, -0.2) is 16.5 Å². The van der Waals surface area contributed by atoms with Crippen LogP contribution in [0, 0.1) is 5.82 Å². The number of aromatic nitrogens is 2. The summed E-state index contributed by atoms with van der Waals surface area (Å²) >= 11 is 0. The molecular formula is C20H16FN3O. The highest BCUT2D eigenvalue weighted by atomic mass is 19.1. The molecule has 0 saturated heterocycles. The predicted octanol–water partition coefficient (Wildman–Crippen LogP) is 4.40. The maximum atomic E-state index is 13.1. The Morgan fingerprint density at radius 2 is 1.76 bits per heavy atom. The summed E-state index contributed by atoms with van der Waals surface area (Å²) in [5.41, 5.74) is 11.2. The smallest absolute Gasteiger partial charge is 0.137 e. The molecule has 5 heteroatoms. The molecule has 2 aromatic carbocycles. The highest BCUT2D eigenvalue weighted by Crippen LogP contribution is 2.29. The van der Waals surface area contributed by atoms with Gasteiger partial charge in [0.1, 0.15) is 17.2 Å². The van der Waals surface area contributed by atoms with Gasteiger partial charge < -0.3 is 10.5 Å². The van der Waals surface area contributed by atoms with Gasteiger partial charge in [-0.2, -0.15) is 0 Å². The van der Waals surface area contributed by atoms with Crippen LogP contribution < -0.4 is 10.5 Å². The van der Waals surface area contributed by atoms with E-state index in [1.165, 1.54) is 12.1 Å². The van der Waals surface area contributed by atoms with E-state index < -0.39 is 0 Å². The Balaban J connectivity index is 1.80. The zero-order valence-corrected chi connectivity index (χ0v) is 13.6. The first-order chi connectivity index (χ1) is 12.1. The van der Waals surface area contributed by atoms with Gasteiger partial charge in [0.25, 0.3) is 0 Å². The minimum atomic E-state index is -0.247. The van der Waals surface area contributed by atoms with Gasteiger partial charge in [-0.05, 0) is 47.5 Å². The summed E-state index contributed by atoms with van der Waals surface area (Å²) in [6, 6.07) is 16.0. The fraction of sp³-hybridized carbons (Fsp3) is 0.0500. The zero-order valence-electron chi connectivity index (χ0n) is 13.6. The number of fused-ring (bicyclic) bond motifs is 1. The summed E-state index contributed by atoms with van der Waals surface area (Å²) in [5, 5.41) is 0. The molecule has 4 rings (SSSR count).